The Bertz CT molecular complexity index is 462. The van der Waals surface area contributed by atoms with Crippen LogP contribution in [0.15, 0.2) is 16.8 Å². The van der Waals surface area contributed by atoms with Gasteiger partial charge >= 0.3 is 0 Å². The fourth-order valence-electron chi connectivity index (χ4n) is 1.36. The summed E-state index contributed by atoms with van der Waals surface area (Å²) in [5, 5.41) is 20.0. The van der Waals surface area contributed by atoms with Gasteiger partial charge in [0.2, 0.25) is 0 Å². The summed E-state index contributed by atoms with van der Waals surface area (Å²) in [4.78, 5) is 0. The number of nitrogens with one attached hydrogen (secondary N) is 1. The minimum atomic E-state index is 0.672. The van der Waals surface area contributed by atoms with E-state index in [1.807, 2.05) is 23.8 Å². The second-order valence-corrected chi connectivity index (χ2v) is 3.68. The molecule has 0 saturated carbocycles. The van der Waals surface area contributed by atoms with Crippen molar-refractivity contribution in [1.82, 2.24) is 10.2 Å². The number of hydrogen-bond donors (Lipinski definition) is 1. The molecular formula is C10H9N3S. The van der Waals surface area contributed by atoms with E-state index in [0.717, 1.165) is 23.4 Å². The van der Waals surface area contributed by atoms with Crippen molar-refractivity contribution in [2.24, 2.45) is 0 Å². The normalized spacial score (nSPS) is 10.0. The first-order chi connectivity index (χ1) is 6.86. The monoisotopic (exact) mass is 203 g/mol. The molecule has 0 spiro atoms. The molecule has 0 aliphatic rings. The summed E-state index contributed by atoms with van der Waals surface area (Å²) in [6.07, 6.45) is 0.806. The van der Waals surface area contributed by atoms with Crippen molar-refractivity contribution in [3.63, 3.8) is 0 Å². The largest absolute Gasteiger partial charge is 0.281 e. The molecule has 2 rings (SSSR count). The van der Waals surface area contributed by atoms with Crippen LogP contribution in [0.2, 0.25) is 0 Å². The maximum Gasteiger partial charge on any atom is 0.111 e. The van der Waals surface area contributed by atoms with Crippen LogP contribution < -0.4 is 0 Å². The molecule has 0 aromatic carbocycles. The van der Waals surface area contributed by atoms with E-state index in [1.165, 1.54) is 0 Å². The van der Waals surface area contributed by atoms with Crippen LogP contribution in [0.25, 0.3) is 11.3 Å². The summed E-state index contributed by atoms with van der Waals surface area (Å²) in [7, 11) is 0. The van der Waals surface area contributed by atoms with Gasteiger partial charge in [-0.3, -0.25) is 5.10 Å². The lowest BCUT2D eigenvalue weighted by atomic mass is 10.1. The van der Waals surface area contributed by atoms with Crippen molar-refractivity contribution < 1.29 is 0 Å². The van der Waals surface area contributed by atoms with Gasteiger partial charge in [0.15, 0.2) is 0 Å². The molecular weight excluding hydrogens is 194 g/mol. The SMILES string of the molecule is CCc1[nH]nc(-c2ccsc2)c1C#N. The Kier molecular flexibility index (Phi) is 2.33. The van der Waals surface area contributed by atoms with Crippen LogP contribution in [-0.4, -0.2) is 10.2 Å². The van der Waals surface area contributed by atoms with Gasteiger partial charge in [-0.15, -0.1) is 0 Å². The molecule has 70 valence electrons. The molecule has 4 heteroatoms. The van der Waals surface area contributed by atoms with E-state index in [9.17, 15) is 0 Å². The van der Waals surface area contributed by atoms with E-state index < -0.39 is 0 Å². The fraction of sp³-hybridized carbons (Fsp3) is 0.200. The third-order valence-electron chi connectivity index (χ3n) is 2.10. The first-order valence-electron chi connectivity index (χ1n) is 4.36. The zero-order valence-corrected chi connectivity index (χ0v) is 8.56. The van der Waals surface area contributed by atoms with Crippen LogP contribution in [-0.2, 0) is 6.42 Å². The lowest BCUT2D eigenvalue weighted by Gasteiger charge is -1.91. The molecule has 14 heavy (non-hydrogen) atoms. The molecule has 1 N–H and O–H groups in total. The van der Waals surface area contributed by atoms with Crippen molar-refractivity contribution in [3.8, 4) is 17.3 Å². The predicted molar refractivity (Wildman–Crippen MR) is 56.0 cm³/mol. The van der Waals surface area contributed by atoms with E-state index in [4.69, 9.17) is 5.26 Å². The Morgan fingerprint density at radius 2 is 2.50 bits per heavy atom. The Hall–Kier alpha value is -1.60. The molecule has 0 atom stereocenters. The van der Waals surface area contributed by atoms with Crippen LogP contribution >= 0.6 is 11.3 Å². The number of aromatic nitrogens is 2. The Morgan fingerprint density at radius 1 is 1.64 bits per heavy atom. The first-order valence-corrected chi connectivity index (χ1v) is 5.31. The first kappa shape index (κ1) is 8.97. The predicted octanol–water partition coefficient (Wildman–Crippen LogP) is 2.57. The molecule has 0 saturated heterocycles. The van der Waals surface area contributed by atoms with Gasteiger partial charge in [-0.1, -0.05) is 6.92 Å². The average Bonchev–Trinajstić information content (AvgIpc) is 2.85. The number of H-pyrrole nitrogens is 1. The number of thiophene rings is 1. The molecule has 0 radical (unpaired) electrons. The summed E-state index contributed by atoms with van der Waals surface area (Å²) >= 11 is 1.61. The van der Waals surface area contributed by atoms with Crippen molar-refractivity contribution in [3.05, 3.63) is 28.1 Å². The minimum Gasteiger partial charge on any atom is -0.281 e. The summed E-state index contributed by atoms with van der Waals surface area (Å²) in [6, 6.07) is 4.17. The molecule has 2 aromatic heterocycles. The molecule has 2 heterocycles. The number of hydrogen-bond acceptors (Lipinski definition) is 3. The zero-order valence-electron chi connectivity index (χ0n) is 7.74. The van der Waals surface area contributed by atoms with E-state index in [2.05, 4.69) is 16.3 Å². The lowest BCUT2D eigenvalue weighted by Crippen LogP contribution is -1.84. The van der Waals surface area contributed by atoms with Gasteiger partial charge in [-0.2, -0.15) is 21.7 Å². The van der Waals surface area contributed by atoms with E-state index in [-0.39, 0.29) is 0 Å². The van der Waals surface area contributed by atoms with Crippen LogP contribution in [0.1, 0.15) is 18.2 Å². The van der Waals surface area contributed by atoms with Crippen molar-refractivity contribution in [2.75, 3.05) is 0 Å². The summed E-state index contributed by atoms with van der Waals surface area (Å²) < 4.78 is 0. The smallest absolute Gasteiger partial charge is 0.111 e. The van der Waals surface area contributed by atoms with E-state index in [0.29, 0.717) is 5.56 Å². The number of aryl methyl sites for hydroxylation is 1. The van der Waals surface area contributed by atoms with Gasteiger partial charge < -0.3 is 0 Å². The Labute approximate surface area is 86.0 Å². The minimum absolute atomic E-state index is 0.672. The number of nitriles is 1. The van der Waals surface area contributed by atoms with Crippen LogP contribution in [0.5, 0.6) is 0 Å². The zero-order chi connectivity index (χ0) is 9.97. The van der Waals surface area contributed by atoms with Gasteiger partial charge in [0.1, 0.15) is 17.3 Å². The third kappa shape index (κ3) is 1.32. The molecule has 0 bridgehead atoms. The lowest BCUT2D eigenvalue weighted by molar-refractivity contribution is 0.974. The molecule has 0 aliphatic heterocycles. The van der Waals surface area contributed by atoms with E-state index >= 15 is 0 Å². The van der Waals surface area contributed by atoms with Crippen molar-refractivity contribution in [1.29, 1.82) is 5.26 Å². The Morgan fingerprint density at radius 3 is 3.07 bits per heavy atom. The molecule has 0 amide bonds. The van der Waals surface area contributed by atoms with Gasteiger partial charge in [0.25, 0.3) is 0 Å². The van der Waals surface area contributed by atoms with Crippen LogP contribution in [0.4, 0.5) is 0 Å². The number of rotatable bonds is 2. The van der Waals surface area contributed by atoms with Gasteiger partial charge in [-0.05, 0) is 17.9 Å². The maximum atomic E-state index is 9.01. The van der Waals surface area contributed by atoms with E-state index in [1.54, 1.807) is 11.3 Å². The van der Waals surface area contributed by atoms with Crippen molar-refractivity contribution in [2.45, 2.75) is 13.3 Å². The highest BCUT2D eigenvalue weighted by atomic mass is 32.1. The average molecular weight is 203 g/mol. The highest BCUT2D eigenvalue weighted by Gasteiger charge is 2.12. The van der Waals surface area contributed by atoms with Crippen molar-refractivity contribution >= 4 is 11.3 Å². The highest BCUT2D eigenvalue weighted by Crippen LogP contribution is 2.25. The molecule has 0 fully saturated rings. The molecule has 0 unspecified atom stereocenters. The fourth-order valence-corrected chi connectivity index (χ4v) is 2.00. The van der Waals surface area contributed by atoms with Gasteiger partial charge in [0.05, 0.1) is 5.69 Å². The molecule has 2 aromatic rings. The maximum absolute atomic E-state index is 9.01. The third-order valence-corrected chi connectivity index (χ3v) is 2.78. The summed E-state index contributed by atoms with van der Waals surface area (Å²) in [5.74, 6) is 0. The van der Waals surface area contributed by atoms with Gasteiger partial charge in [0, 0.05) is 10.9 Å². The number of aromatic amines is 1. The topological polar surface area (TPSA) is 52.5 Å². The summed E-state index contributed by atoms with van der Waals surface area (Å²) in [5.41, 5.74) is 3.37. The quantitative estimate of drug-likeness (QED) is 0.815. The molecule has 0 aliphatic carbocycles. The standard InChI is InChI=1S/C10H9N3S/c1-2-9-8(5-11)10(13-12-9)7-3-4-14-6-7/h3-4,6H,2H2,1H3,(H,12,13). The second kappa shape index (κ2) is 3.64. The second-order valence-electron chi connectivity index (χ2n) is 2.90. The molecule has 3 nitrogen and oxygen atoms in total. The number of nitrogens with zero attached hydrogens (tertiary/aromatic N) is 2. The van der Waals surface area contributed by atoms with Crippen LogP contribution in [0.3, 0.4) is 0 Å². The summed E-state index contributed by atoms with van der Waals surface area (Å²) in [6.45, 7) is 2.01. The van der Waals surface area contributed by atoms with Crippen LogP contribution in [0, 0.1) is 11.3 Å². The van der Waals surface area contributed by atoms with Gasteiger partial charge in [-0.25, -0.2) is 0 Å². The highest BCUT2D eigenvalue weighted by molar-refractivity contribution is 7.08. The Balaban J connectivity index is 2.56.